The summed E-state index contributed by atoms with van der Waals surface area (Å²) in [7, 11) is 1.90. The first kappa shape index (κ1) is 13.6. The molecule has 2 aliphatic rings. The van der Waals surface area contributed by atoms with Gasteiger partial charge in [0, 0.05) is 51.3 Å². The second kappa shape index (κ2) is 5.20. The smallest absolute Gasteiger partial charge is 0.225 e. The zero-order valence-corrected chi connectivity index (χ0v) is 12.1. The molecule has 1 N–H and O–H groups in total. The Hall–Kier alpha value is -1.36. The second-order valence-electron chi connectivity index (χ2n) is 6.20. The van der Waals surface area contributed by atoms with Crippen LogP contribution in [-0.4, -0.2) is 38.6 Å². The number of aromatic nitrogens is 2. The van der Waals surface area contributed by atoms with Gasteiger partial charge in [-0.05, 0) is 12.8 Å². The monoisotopic (exact) mass is 277 g/mol. The summed E-state index contributed by atoms with van der Waals surface area (Å²) in [5, 5.41) is 10.8. The number of carbonyl (C=O) groups excluding carboxylic acids is 1. The number of aliphatic hydroxyl groups is 1. The third-order valence-electron chi connectivity index (χ3n) is 4.84. The Morgan fingerprint density at radius 2 is 2.00 bits per heavy atom. The largest absolute Gasteiger partial charge is 0.382 e. The van der Waals surface area contributed by atoms with Gasteiger partial charge >= 0.3 is 0 Å². The molecule has 0 unspecified atom stereocenters. The number of nitrogens with zero attached hydrogens (tertiary/aromatic N) is 3. The molecule has 1 saturated heterocycles. The highest BCUT2D eigenvalue weighted by Gasteiger charge is 2.39. The maximum atomic E-state index is 12.4. The lowest BCUT2D eigenvalue weighted by Gasteiger charge is -2.38. The average Bonchev–Trinajstić information content (AvgIpc) is 3.10. The SMILES string of the molecule is Cn1ccnc1C1(O)CCN(C(=O)C2CCCC2)CC1. The van der Waals surface area contributed by atoms with E-state index in [4.69, 9.17) is 0 Å². The Kier molecular flexibility index (Phi) is 3.54. The summed E-state index contributed by atoms with van der Waals surface area (Å²) in [4.78, 5) is 18.6. The molecule has 1 aromatic heterocycles. The molecule has 3 rings (SSSR count). The second-order valence-corrected chi connectivity index (χ2v) is 6.20. The first-order valence-electron chi connectivity index (χ1n) is 7.59. The van der Waals surface area contributed by atoms with Crippen molar-refractivity contribution in [3.8, 4) is 0 Å². The highest BCUT2D eigenvalue weighted by Crippen LogP contribution is 2.33. The number of hydrogen-bond donors (Lipinski definition) is 1. The topological polar surface area (TPSA) is 58.4 Å². The van der Waals surface area contributed by atoms with E-state index in [0.717, 1.165) is 12.8 Å². The van der Waals surface area contributed by atoms with Crippen LogP contribution in [-0.2, 0) is 17.4 Å². The van der Waals surface area contributed by atoms with Gasteiger partial charge in [-0.1, -0.05) is 12.8 Å². The summed E-state index contributed by atoms with van der Waals surface area (Å²) in [5.74, 6) is 1.24. The fourth-order valence-corrected chi connectivity index (χ4v) is 3.57. The molecule has 1 aliphatic carbocycles. The minimum absolute atomic E-state index is 0.231. The van der Waals surface area contributed by atoms with E-state index in [9.17, 15) is 9.90 Å². The van der Waals surface area contributed by atoms with Crippen LogP contribution in [0.25, 0.3) is 0 Å². The highest BCUT2D eigenvalue weighted by molar-refractivity contribution is 5.79. The number of rotatable bonds is 2. The van der Waals surface area contributed by atoms with Crippen LogP contribution in [0.1, 0.15) is 44.3 Å². The third kappa shape index (κ3) is 2.35. The first-order valence-corrected chi connectivity index (χ1v) is 7.59. The van der Waals surface area contributed by atoms with Gasteiger partial charge in [-0.15, -0.1) is 0 Å². The van der Waals surface area contributed by atoms with Gasteiger partial charge in [-0.3, -0.25) is 4.79 Å². The van der Waals surface area contributed by atoms with Crippen molar-refractivity contribution in [3.63, 3.8) is 0 Å². The van der Waals surface area contributed by atoms with Gasteiger partial charge in [0.15, 0.2) is 0 Å². The van der Waals surface area contributed by atoms with Crippen LogP contribution in [0.4, 0.5) is 0 Å². The molecule has 0 bridgehead atoms. The lowest BCUT2D eigenvalue weighted by atomic mass is 9.89. The normalized spacial score (nSPS) is 23.2. The Balaban J connectivity index is 1.64. The van der Waals surface area contributed by atoms with Crippen LogP contribution >= 0.6 is 0 Å². The lowest BCUT2D eigenvalue weighted by Crippen LogP contribution is -2.47. The molecule has 5 heteroatoms. The van der Waals surface area contributed by atoms with E-state index in [1.165, 1.54) is 12.8 Å². The van der Waals surface area contributed by atoms with Crippen LogP contribution < -0.4 is 0 Å². The van der Waals surface area contributed by atoms with Gasteiger partial charge in [-0.25, -0.2) is 4.98 Å². The Morgan fingerprint density at radius 3 is 2.55 bits per heavy atom. The molecule has 0 spiro atoms. The fraction of sp³-hybridized carbons (Fsp3) is 0.733. The summed E-state index contributed by atoms with van der Waals surface area (Å²) in [6.07, 6.45) is 9.17. The summed E-state index contributed by atoms with van der Waals surface area (Å²) in [6, 6.07) is 0. The lowest BCUT2D eigenvalue weighted by molar-refractivity contribution is -0.140. The van der Waals surface area contributed by atoms with Crippen LogP contribution in [0, 0.1) is 5.92 Å². The number of aryl methyl sites for hydroxylation is 1. The molecule has 0 aromatic carbocycles. The molecule has 0 atom stereocenters. The summed E-state index contributed by atoms with van der Waals surface area (Å²) < 4.78 is 1.87. The molecule has 5 nitrogen and oxygen atoms in total. The molecule has 0 radical (unpaired) electrons. The standard InChI is InChI=1S/C15H23N3O2/c1-17-11-8-16-14(17)15(20)6-9-18(10-7-15)13(19)12-4-2-3-5-12/h8,11-12,20H,2-7,9-10H2,1H3. The predicted octanol–water partition coefficient (Wildman–Crippen LogP) is 1.42. The first-order chi connectivity index (χ1) is 9.60. The van der Waals surface area contributed by atoms with Crippen molar-refractivity contribution in [2.75, 3.05) is 13.1 Å². The number of piperidine rings is 1. The maximum Gasteiger partial charge on any atom is 0.225 e. The van der Waals surface area contributed by atoms with E-state index >= 15 is 0 Å². The molecule has 2 fully saturated rings. The minimum atomic E-state index is -0.884. The van der Waals surface area contributed by atoms with Crippen molar-refractivity contribution in [3.05, 3.63) is 18.2 Å². The average molecular weight is 277 g/mol. The van der Waals surface area contributed by atoms with Crippen LogP contribution in [0.3, 0.4) is 0 Å². The van der Waals surface area contributed by atoms with Crippen molar-refractivity contribution in [2.45, 2.75) is 44.1 Å². The molecule has 1 amide bonds. The number of amides is 1. The van der Waals surface area contributed by atoms with E-state index in [1.807, 2.05) is 22.7 Å². The van der Waals surface area contributed by atoms with E-state index in [1.54, 1.807) is 6.20 Å². The predicted molar refractivity (Wildman–Crippen MR) is 74.9 cm³/mol. The van der Waals surface area contributed by atoms with Crippen LogP contribution in [0.2, 0.25) is 0 Å². The molecule has 20 heavy (non-hydrogen) atoms. The number of likely N-dealkylation sites (tertiary alicyclic amines) is 1. The van der Waals surface area contributed by atoms with Crippen molar-refractivity contribution >= 4 is 5.91 Å². The maximum absolute atomic E-state index is 12.4. The highest BCUT2D eigenvalue weighted by atomic mass is 16.3. The van der Waals surface area contributed by atoms with Crippen molar-refractivity contribution in [2.24, 2.45) is 13.0 Å². The molecular formula is C15H23N3O2. The third-order valence-corrected chi connectivity index (χ3v) is 4.84. The number of carbonyl (C=O) groups is 1. The van der Waals surface area contributed by atoms with E-state index in [2.05, 4.69) is 4.98 Å². The van der Waals surface area contributed by atoms with Crippen LogP contribution in [0.5, 0.6) is 0 Å². The van der Waals surface area contributed by atoms with E-state index in [-0.39, 0.29) is 5.92 Å². The molecular weight excluding hydrogens is 254 g/mol. The van der Waals surface area contributed by atoms with Gasteiger partial charge < -0.3 is 14.6 Å². The van der Waals surface area contributed by atoms with Gasteiger partial charge in [0.2, 0.25) is 5.91 Å². The van der Waals surface area contributed by atoms with Gasteiger partial charge in [0.25, 0.3) is 0 Å². The van der Waals surface area contributed by atoms with E-state index < -0.39 is 5.60 Å². The summed E-state index contributed by atoms with van der Waals surface area (Å²) in [6.45, 7) is 1.28. The van der Waals surface area contributed by atoms with Gasteiger partial charge in [0.1, 0.15) is 11.4 Å². The van der Waals surface area contributed by atoms with E-state index in [0.29, 0.717) is 37.7 Å². The number of imidazole rings is 1. The van der Waals surface area contributed by atoms with Gasteiger partial charge in [-0.2, -0.15) is 0 Å². The van der Waals surface area contributed by atoms with Crippen molar-refractivity contribution in [1.82, 2.24) is 14.5 Å². The number of hydrogen-bond acceptors (Lipinski definition) is 3. The Bertz CT molecular complexity index is 483. The van der Waals surface area contributed by atoms with Crippen LogP contribution in [0.15, 0.2) is 12.4 Å². The summed E-state index contributed by atoms with van der Waals surface area (Å²) in [5.41, 5.74) is -0.884. The Morgan fingerprint density at radius 1 is 1.35 bits per heavy atom. The van der Waals surface area contributed by atoms with Gasteiger partial charge in [0.05, 0.1) is 0 Å². The Labute approximate surface area is 119 Å². The van der Waals surface area contributed by atoms with Crippen molar-refractivity contribution < 1.29 is 9.90 Å². The fourth-order valence-electron chi connectivity index (χ4n) is 3.57. The quantitative estimate of drug-likeness (QED) is 0.889. The molecule has 1 aliphatic heterocycles. The zero-order chi connectivity index (χ0) is 14.2. The van der Waals surface area contributed by atoms with Crippen molar-refractivity contribution in [1.29, 1.82) is 0 Å². The molecule has 1 saturated carbocycles. The molecule has 1 aromatic rings. The molecule has 110 valence electrons. The summed E-state index contributed by atoms with van der Waals surface area (Å²) >= 11 is 0. The zero-order valence-electron chi connectivity index (χ0n) is 12.1. The minimum Gasteiger partial charge on any atom is -0.382 e. The molecule has 2 heterocycles.